The molecule has 0 bridgehead atoms. The van der Waals surface area contributed by atoms with Crippen molar-refractivity contribution in [1.82, 2.24) is 10.2 Å². The first-order chi connectivity index (χ1) is 15.3. The van der Waals surface area contributed by atoms with Crippen LogP contribution in [0.1, 0.15) is 78.0 Å². The van der Waals surface area contributed by atoms with Gasteiger partial charge in [-0.15, -0.1) is 0 Å². The van der Waals surface area contributed by atoms with E-state index in [1.54, 1.807) is 4.90 Å². The predicted octanol–water partition coefficient (Wildman–Crippen LogP) is 6.29. The Morgan fingerprint density at radius 3 is 2.09 bits per heavy atom. The molecule has 0 saturated carbocycles. The standard InChI is InChI=1S/C28H39ClN2O2/c1-8-24(26(33)30-28(5,6)7)31(19-21-11-9-10-12-23(21)29)25(32)18-15-20-13-16-22(17-14-20)27(2,3)4/h9-14,16-17,24H,8,15,18-19H2,1-7H3,(H,30,33)/t24-/m0/s1. The Labute approximate surface area is 204 Å². The topological polar surface area (TPSA) is 49.4 Å². The first-order valence-electron chi connectivity index (χ1n) is 11.8. The Morgan fingerprint density at radius 1 is 0.970 bits per heavy atom. The molecule has 2 aromatic carbocycles. The SMILES string of the molecule is CC[C@@H](C(=O)NC(C)(C)C)N(Cc1ccccc1Cl)C(=O)CCc1ccc(C(C)(C)C)cc1. The monoisotopic (exact) mass is 470 g/mol. The van der Waals surface area contributed by atoms with E-state index in [0.29, 0.717) is 30.8 Å². The number of carbonyl (C=O) groups excluding carboxylic acids is 2. The Kier molecular flexibility index (Phi) is 9.13. The molecule has 33 heavy (non-hydrogen) atoms. The van der Waals surface area contributed by atoms with Gasteiger partial charge in [-0.1, -0.05) is 81.8 Å². The molecule has 0 spiro atoms. The average molecular weight is 471 g/mol. The van der Waals surface area contributed by atoms with Crippen molar-refractivity contribution >= 4 is 23.4 Å². The molecule has 180 valence electrons. The molecule has 2 amide bonds. The number of rotatable bonds is 8. The molecular formula is C28H39ClN2O2. The number of aryl methyl sites for hydroxylation is 1. The maximum Gasteiger partial charge on any atom is 0.243 e. The van der Waals surface area contributed by atoms with Crippen LogP contribution < -0.4 is 5.32 Å². The lowest BCUT2D eigenvalue weighted by Crippen LogP contribution is -2.53. The molecule has 0 aliphatic rings. The summed E-state index contributed by atoms with van der Waals surface area (Å²) in [5.74, 6) is -0.189. The molecule has 0 aliphatic heterocycles. The van der Waals surface area contributed by atoms with Crippen LogP contribution in [0.2, 0.25) is 5.02 Å². The van der Waals surface area contributed by atoms with Gasteiger partial charge in [0.05, 0.1) is 0 Å². The van der Waals surface area contributed by atoms with Crippen LogP contribution in [0.3, 0.4) is 0 Å². The summed E-state index contributed by atoms with van der Waals surface area (Å²) >= 11 is 6.39. The Balaban J connectivity index is 2.23. The average Bonchev–Trinajstić information content (AvgIpc) is 2.71. The van der Waals surface area contributed by atoms with Crippen molar-refractivity contribution in [3.8, 4) is 0 Å². The van der Waals surface area contributed by atoms with Crippen LogP contribution in [-0.2, 0) is 28.0 Å². The number of hydrogen-bond donors (Lipinski definition) is 1. The van der Waals surface area contributed by atoms with E-state index in [1.807, 2.05) is 52.0 Å². The van der Waals surface area contributed by atoms with Crippen LogP contribution >= 0.6 is 11.6 Å². The maximum absolute atomic E-state index is 13.4. The number of nitrogens with one attached hydrogen (secondary N) is 1. The van der Waals surface area contributed by atoms with Gasteiger partial charge in [0.1, 0.15) is 6.04 Å². The van der Waals surface area contributed by atoms with Gasteiger partial charge in [0.2, 0.25) is 11.8 Å². The van der Waals surface area contributed by atoms with E-state index in [1.165, 1.54) is 5.56 Å². The van der Waals surface area contributed by atoms with Crippen molar-refractivity contribution in [2.75, 3.05) is 0 Å². The highest BCUT2D eigenvalue weighted by molar-refractivity contribution is 6.31. The molecule has 0 radical (unpaired) electrons. The molecule has 1 N–H and O–H groups in total. The first-order valence-corrected chi connectivity index (χ1v) is 12.1. The van der Waals surface area contributed by atoms with E-state index < -0.39 is 6.04 Å². The normalized spacial score (nSPS) is 12.8. The molecule has 2 aromatic rings. The van der Waals surface area contributed by atoms with Gasteiger partial charge in [0.25, 0.3) is 0 Å². The zero-order valence-electron chi connectivity index (χ0n) is 21.2. The number of benzene rings is 2. The van der Waals surface area contributed by atoms with E-state index in [0.717, 1.165) is 11.1 Å². The highest BCUT2D eigenvalue weighted by Crippen LogP contribution is 2.24. The second-order valence-electron chi connectivity index (χ2n) is 10.7. The lowest BCUT2D eigenvalue weighted by molar-refractivity contribution is -0.142. The molecule has 0 fully saturated rings. The van der Waals surface area contributed by atoms with Gasteiger partial charge in [-0.2, -0.15) is 0 Å². The molecular weight excluding hydrogens is 432 g/mol. The molecule has 0 heterocycles. The number of halogens is 1. The molecule has 1 atom stereocenters. The lowest BCUT2D eigenvalue weighted by Gasteiger charge is -2.33. The quantitative estimate of drug-likeness (QED) is 0.492. The molecule has 4 nitrogen and oxygen atoms in total. The van der Waals surface area contributed by atoms with Gasteiger partial charge in [-0.25, -0.2) is 0 Å². The summed E-state index contributed by atoms with van der Waals surface area (Å²) in [5, 5.41) is 3.63. The Hall–Kier alpha value is -2.33. The maximum atomic E-state index is 13.4. The van der Waals surface area contributed by atoms with E-state index >= 15 is 0 Å². The summed E-state index contributed by atoms with van der Waals surface area (Å²) < 4.78 is 0. The predicted molar refractivity (Wildman–Crippen MR) is 137 cm³/mol. The third kappa shape index (κ3) is 8.19. The lowest BCUT2D eigenvalue weighted by atomic mass is 9.86. The minimum absolute atomic E-state index is 0.0503. The molecule has 0 aliphatic carbocycles. The number of hydrogen-bond acceptors (Lipinski definition) is 2. The first kappa shape index (κ1) is 26.9. The summed E-state index contributed by atoms with van der Waals surface area (Å²) in [7, 11) is 0. The van der Waals surface area contributed by atoms with Crippen molar-refractivity contribution < 1.29 is 9.59 Å². The fourth-order valence-electron chi connectivity index (χ4n) is 3.75. The molecule has 0 saturated heterocycles. The minimum Gasteiger partial charge on any atom is -0.350 e. The van der Waals surface area contributed by atoms with Crippen LogP contribution in [0.4, 0.5) is 0 Å². The van der Waals surface area contributed by atoms with Crippen LogP contribution in [0.25, 0.3) is 0 Å². The smallest absolute Gasteiger partial charge is 0.243 e. The van der Waals surface area contributed by atoms with Crippen molar-refractivity contribution in [2.24, 2.45) is 0 Å². The summed E-state index contributed by atoms with van der Waals surface area (Å²) in [6, 6.07) is 15.4. The zero-order chi connectivity index (χ0) is 24.8. The van der Waals surface area contributed by atoms with Crippen molar-refractivity contribution in [1.29, 1.82) is 0 Å². The number of carbonyl (C=O) groups is 2. The van der Waals surface area contributed by atoms with Crippen molar-refractivity contribution in [2.45, 2.75) is 91.3 Å². The Bertz CT molecular complexity index is 940. The van der Waals surface area contributed by atoms with Gasteiger partial charge in [-0.3, -0.25) is 9.59 Å². The number of nitrogens with zero attached hydrogens (tertiary/aromatic N) is 1. The van der Waals surface area contributed by atoms with Crippen molar-refractivity contribution in [3.05, 3.63) is 70.2 Å². The van der Waals surface area contributed by atoms with Gasteiger partial charge in [0, 0.05) is 23.5 Å². The third-order valence-corrected chi connectivity index (χ3v) is 6.00. The molecule has 0 unspecified atom stereocenters. The summed E-state index contributed by atoms with van der Waals surface area (Å²) in [6.07, 6.45) is 1.48. The van der Waals surface area contributed by atoms with E-state index in [2.05, 4.69) is 50.4 Å². The fourth-order valence-corrected chi connectivity index (χ4v) is 3.94. The van der Waals surface area contributed by atoms with Crippen LogP contribution in [0.15, 0.2) is 48.5 Å². The van der Waals surface area contributed by atoms with Crippen LogP contribution in [0, 0.1) is 0 Å². The van der Waals surface area contributed by atoms with Gasteiger partial charge < -0.3 is 10.2 Å². The second kappa shape index (κ2) is 11.2. The highest BCUT2D eigenvalue weighted by atomic mass is 35.5. The van der Waals surface area contributed by atoms with E-state index in [9.17, 15) is 9.59 Å². The Morgan fingerprint density at radius 2 is 1.58 bits per heavy atom. The summed E-state index contributed by atoms with van der Waals surface area (Å²) in [5.41, 5.74) is 2.93. The largest absolute Gasteiger partial charge is 0.350 e. The summed E-state index contributed by atoms with van der Waals surface area (Å²) in [6.45, 7) is 14.6. The molecule has 0 aromatic heterocycles. The van der Waals surface area contributed by atoms with Crippen LogP contribution in [-0.4, -0.2) is 28.3 Å². The van der Waals surface area contributed by atoms with Crippen LogP contribution in [0.5, 0.6) is 0 Å². The summed E-state index contributed by atoms with van der Waals surface area (Å²) in [4.78, 5) is 28.2. The van der Waals surface area contributed by atoms with Gasteiger partial charge >= 0.3 is 0 Å². The second-order valence-corrected chi connectivity index (χ2v) is 11.1. The van der Waals surface area contributed by atoms with Gasteiger partial charge in [-0.05, 0) is 61.8 Å². The molecule has 5 heteroatoms. The fraction of sp³-hybridized carbons (Fsp3) is 0.500. The van der Waals surface area contributed by atoms with Gasteiger partial charge in [0.15, 0.2) is 0 Å². The number of amides is 2. The van der Waals surface area contributed by atoms with E-state index in [-0.39, 0.29) is 22.8 Å². The highest BCUT2D eigenvalue weighted by Gasteiger charge is 2.30. The molecule has 2 rings (SSSR count). The zero-order valence-corrected chi connectivity index (χ0v) is 21.9. The van der Waals surface area contributed by atoms with Crippen molar-refractivity contribution in [3.63, 3.8) is 0 Å². The third-order valence-electron chi connectivity index (χ3n) is 5.63. The minimum atomic E-state index is -0.559. The van der Waals surface area contributed by atoms with E-state index in [4.69, 9.17) is 11.6 Å².